The molecule has 9 nitrogen and oxygen atoms in total. The Morgan fingerprint density at radius 2 is 1.97 bits per heavy atom. The Labute approximate surface area is 185 Å². The highest BCUT2D eigenvalue weighted by Crippen LogP contribution is 2.39. The summed E-state index contributed by atoms with van der Waals surface area (Å²) >= 11 is 1.81. The normalized spacial score (nSPS) is 24.9. The maximum Gasteiger partial charge on any atom is 0.414 e. The van der Waals surface area contributed by atoms with Crippen LogP contribution in [0.15, 0.2) is 17.5 Å². The number of methoxy groups -OCH3 is 1. The van der Waals surface area contributed by atoms with Gasteiger partial charge in [0.15, 0.2) is 0 Å². The van der Waals surface area contributed by atoms with Crippen LogP contribution in [-0.2, 0) is 30.4 Å². The SMILES string of the molecule is COC1(CC(=O)N2C[C@@H]3CN(Cc4cccs4)CCO[C@@H]3C2)CCC1.O=C(O)C(=O)O. The molecule has 3 heterocycles. The second-order valence-corrected chi connectivity index (χ2v) is 9.34. The molecule has 10 heteroatoms. The first-order chi connectivity index (χ1) is 14.8. The number of amides is 1. The summed E-state index contributed by atoms with van der Waals surface area (Å²) in [6.45, 7) is 5.31. The minimum atomic E-state index is -1.82. The second-order valence-electron chi connectivity index (χ2n) is 8.31. The summed E-state index contributed by atoms with van der Waals surface area (Å²) in [7, 11) is 1.74. The van der Waals surface area contributed by atoms with Gasteiger partial charge in [0.25, 0.3) is 0 Å². The van der Waals surface area contributed by atoms with Gasteiger partial charge < -0.3 is 24.6 Å². The van der Waals surface area contributed by atoms with Gasteiger partial charge in [0.2, 0.25) is 5.91 Å². The molecule has 2 atom stereocenters. The summed E-state index contributed by atoms with van der Waals surface area (Å²) in [6.07, 6.45) is 3.93. The minimum absolute atomic E-state index is 0.187. The molecule has 0 radical (unpaired) electrons. The van der Waals surface area contributed by atoms with Crippen LogP contribution in [0.5, 0.6) is 0 Å². The van der Waals surface area contributed by atoms with Crippen molar-refractivity contribution < 1.29 is 34.1 Å². The highest BCUT2D eigenvalue weighted by Gasteiger charge is 2.43. The van der Waals surface area contributed by atoms with Crippen molar-refractivity contribution in [3.8, 4) is 0 Å². The number of thiophene rings is 1. The van der Waals surface area contributed by atoms with Gasteiger partial charge in [-0.2, -0.15) is 0 Å². The minimum Gasteiger partial charge on any atom is -0.473 e. The van der Waals surface area contributed by atoms with Gasteiger partial charge in [-0.25, -0.2) is 9.59 Å². The topological polar surface area (TPSA) is 117 Å². The van der Waals surface area contributed by atoms with Gasteiger partial charge in [-0.05, 0) is 30.7 Å². The second kappa shape index (κ2) is 10.5. The molecule has 1 aromatic rings. The van der Waals surface area contributed by atoms with Gasteiger partial charge >= 0.3 is 11.9 Å². The van der Waals surface area contributed by atoms with E-state index < -0.39 is 11.9 Å². The summed E-state index contributed by atoms with van der Waals surface area (Å²) < 4.78 is 11.7. The van der Waals surface area contributed by atoms with Crippen LogP contribution in [0.1, 0.15) is 30.6 Å². The monoisotopic (exact) mass is 454 g/mol. The Bertz CT molecular complexity index is 748. The van der Waals surface area contributed by atoms with Crippen LogP contribution in [0, 0.1) is 5.92 Å². The number of nitrogens with zero attached hydrogens (tertiary/aromatic N) is 2. The molecule has 3 aliphatic rings. The van der Waals surface area contributed by atoms with Gasteiger partial charge in [-0.1, -0.05) is 6.07 Å². The third kappa shape index (κ3) is 6.25. The number of carboxylic acid groups (broad SMARTS) is 2. The van der Waals surface area contributed by atoms with E-state index in [-0.39, 0.29) is 17.6 Å². The number of fused-ring (bicyclic) bond motifs is 1. The molecule has 4 rings (SSSR count). The fraction of sp³-hybridized carbons (Fsp3) is 0.667. The van der Waals surface area contributed by atoms with Crippen molar-refractivity contribution in [3.63, 3.8) is 0 Å². The number of hydrogen-bond acceptors (Lipinski definition) is 7. The first-order valence-electron chi connectivity index (χ1n) is 10.5. The van der Waals surface area contributed by atoms with Crippen LogP contribution in [0.2, 0.25) is 0 Å². The Morgan fingerprint density at radius 1 is 1.23 bits per heavy atom. The van der Waals surface area contributed by atoms with E-state index in [0.29, 0.717) is 12.3 Å². The van der Waals surface area contributed by atoms with E-state index in [1.54, 1.807) is 7.11 Å². The predicted molar refractivity (Wildman–Crippen MR) is 113 cm³/mol. The zero-order chi connectivity index (χ0) is 22.4. The van der Waals surface area contributed by atoms with Crippen LogP contribution >= 0.6 is 11.3 Å². The lowest BCUT2D eigenvalue weighted by atomic mass is 9.77. The van der Waals surface area contributed by atoms with Crippen molar-refractivity contribution in [3.05, 3.63) is 22.4 Å². The molecule has 0 spiro atoms. The lowest BCUT2D eigenvalue weighted by Crippen LogP contribution is -2.45. The van der Waals surface area contributed by atoms with Crippen LogP contribution in [0.3, 0.4) is 0 Å². The fourth-order valence-corrected chi connectivity index (χ4v) is 5.09. The van der Waals surface area contributed by atoms with Crippen LogP contribution < -0.4 is 0 Å². The third-order valence-corrected chi connectivity index (χ3v) is 7.14. The predicted octanol–water partition coefficient (Wildman–Crippen LogP) is 1.52. The molecule has 2 saturated heterocycles. The number of carboxylic acids is 2. The number of ether oxygens (including phenoxy) is 2. The standard InChI is InChI=1S/C19H28N2O3S.C2H2O4/c1-23-19(5-3-6-19)10-18(22)21-12-15-11-20(7-8-24-17(15)14-21)13-16-4-2-9-25-16;3-1(4)2(5)6/h2,4,9,15,17H,3,5-8,10-14H2,1H3;(H,3,4)(H,5,6)/t15-,17+;/m0./s1. The average molecular weight is 455 g/mol. The number of rotatable bonds is 5. The Morgan fingerprint density at radius 3 is 2.52 bits per heavy atom. The van der Waals surface area contributed by atoms with Crippen LogP contribution in [0.25, 0.3) is 0 Å². The van der Waals surface area contributed by atoms with Gasteiger partial charge in [0.1, 0.15) is 0 Å². The average Bonchev–Trinajstić information content (AvgIpc) is 3.31. The number of carbonyl (C=O) groups is 3. The van der Waals surface area contributed by atoms with E-state index in [4.69, 9.17) is 29.3 Å². The summed E-state index contributed by atoms with van der Waals surface area (Å²) in [6, 6.07) is 4.31. The smallest absolute Gasteiger partial charge is 0.414 e. The van der Waals surface area contributed by atoms with Gasteiger partial charge in [-0.3, -0.25) is 9.69 Å². The molecule has 0 aromatic carbocycles. The van der Waals surface area contributed by atoms with Crippen molar-refractivity contribution in [1.29, 1.82) is 0 Å². The molecule has 1 aromatic heterocycles. The zero-order valence-corrected chi connectivity index (χ0v) is 18.5. The fourth-order valence-electron chi connectivity index (χ4n) is 4.34. The number of aliphatic carboxylic acids is 2. The first-order valence-corrected chi connectivity index (χ1v) is 11.4. The highest BCUT2D eigenvalue weighted by molar-refractivity contribution is 7.09. The Hall–Kier alpha value is -2.01. The largest absolute Gasteiger partial charge is 0.473 e. The lowest BCUT2D eigenvalue weighted by molar-refractivity contribution is -0.159. The molecular weight excluding hydrogens is 424 g/mol. The first kappa shape index (κ1) is 23.6. The quantitative estimate of drug-likeness (QED) is 0.644. The van der Waals surface area contributed by atoms with Gasteiger partial charge in [0.05, 0.1) is 24.7 Å². The molecular formula is C21H30N2O7S. The zero-order valence-electron chi connectivity index (χ0n) is 17.7. The summed E-state index contributed by atoms with van der Waals surface area (Å²) in [5, 5.41) is 16.9. The van der Waals surface area contributed by atoms with E-state index in [1.165, 1.54) is 11.3 Å². The maximum absolute atomic E-state index is 12.8. The Kier molecular flexibility index (Phi) is 8.04. The summed E-state index contributed by atoms with van der Waals surface area (Å²) in [5.41, 5.74) is -0.187. The van der Waals surface area contributed by atoms with Crippen LogP contribution in [-0.4, -0.2) is 89.5 Å². The summed E-state index contributed by atoms with van der Waals surface area (Å²) in [4.78, 5) is 36.9. The maximum atomic E-state index is 12.8. The van der Waals surface area contributed by atoms with Gasteiger partial charge in [0, 0.05) is 50.6 Å². The number of hydrogen-bond donors (Lipinski definition) is 2. The molecule has 0 unspecified atom stereocenters. The Balaban J connectivity index is 0.000000401. The third-order valence-electron chi connectivity index (χ3n) is 6.28. The molecule has 1 saturated carbocycles. The number of likely N-dealkylation sites (tertiary alicyclic amines) is 1. The molecule has 1 amide bonds. The van der Waals surface area contributed by atoms with Crippen molar-refractivity contribution in [1.82, 2.24) is 9.80 Å². The van der Waals surface area contributed by atoms with Crippen molar-refractivity contribution in [2.75, 3.05) is 39.9 Å². The lowest BCUT2D eigenvalue weighted by Gasteiger charge is -2.40. The highest BCUT2D eigenvalue weighted by atomic mass is 32.1. The van der Waals surface area contributed by atoms with Crippen molar-refractivity contribution in [2.24, 2.45) is 5.92 Å². The molecule has 2 N–H and O–H groups in total. The van der Waals surface area contributed by atoms with Crippen molar-refractivity contribution in [2.45, 2.75) is 43.9 Å². The molecule has 31 heavy (non-hydrogen) atoms. The van der Waals surface area contributed by atoms with E-state index in [2.05, 4.69) is 22.4 Å². The molecule has 2 aliphatic heterocycles. The van der Waals surface area contributed by atoms with E-state index in [1.807, 2.05) is 16.2 Å². The molecule has 3 fully saturated rings. The van der Waals surface area contributed by atoms with Crippen LogP contribution in [0.4, 0.5) is 0 Å². The van der Waals surface area contributed by atoms with E-state index in [9.17, 15) is 4.79 Å². The summed E-state index contributed by atoms with van der Waals surface area (Å²) in [5.74, 6) is -2.99. The number of carbonyl (C=O) groups excluding carboxylic acids is 1. The van der Waals surface area contributed by atoms with E-state index in [0.717, 1.165) is 52.2 Å². The van der Waals surface area contributed by atoms with Crippen molar-refractivity contribution >= 4 is 29.2 Å². The van der Waals surface area contributed by atoms with Gasteiger partial charge in [-0.15, -0.1) is 11.3 Å². The molecule has 1 aliphatic carbocycles. The van der Waals surface area contributed by atoms with E-state index >= 15 is 0 Å². The molecule has 0 bridgehead atoms. The molecule has 172 valence electrons.